The summed E-state index contributed by atoms with van der Waals surface area (Å²) in [4.78, 5) is 14.0. The summed E-state index contributed by atoms with van der Waals surface area (Å²) in [5, 5.41) is 6.08. The topological polar surface area (TPSA) is 53.6 Å². The molecular formula is C14H29N3O2. The minimum absolute atomic E-state index is 0.0352. The van der Waals surface area contributed by atoms with Gasteiger partial charge in [0, 0.05) is 32.3 Å². The third-order valence-electron chi connectivity index (χ3n) is 3.70. The summed E-state index contributed by atoms with van der Waals surface area (Å²) in [6.07, 6.45) is 5.38. The van der Waals surface area contributed by atoms with E-state index in [4.69, 9.17) is 4.74 Å². The second-order valence-electron chi connectivity index (χ2n) is 5.52. The Bertz CT molecular complexity index is 255. The first-order chi connectivity index (χ1) is 9.13. The third-order valence-corrected chi connectivity index (χ3v) is 3.70. The van der Waals surface area contributed by atoms with E-state index >= 15 is 0 Å². The summed E-state index contributed by atoms with van der Waals surface area (Å²) in [7, 11) is 3.82. The zero-order valence-corrected chi connectivity index (χ0v) is 12.6. The van der Waals surface area contributed by atoms with Crippen LogP contribution in [0.25, 0.3) is 0 Å². The van der Waals surface area contributed by atoms with Gasteiger partial charge in [-0.3, -0.25) is 4.79 Å². The number of carbonyl (C=O) groups excluding carboxylic acids is 1. The van der Waals surface area contributed by atoms with E-state index in [1.165, 1.54) is 25.7 Å². The molecule has 0 aliphatic heterocycles. The molecule has 1 saturated carbocycles. The van der Waals surface area contributed by atoms with Crippen molar-refractivity contribution in [3.63, 3.8) is 0 Å². The highest BCUT2D eigenvalue weighted by Crippen LogP contribution is 2.21. The number of nitrogens with one attached hydrogen (secondary N) is 2. The molecule has 5 nitrogen and oxygen atoms in total. The number of hydrogen-bond donors (Lipinski definition) is 2. The Kier molecular flexibility index (Phi) is 8.02. The molecule has 0 radical (unpaired) electrons. The summed E-state index contributed by atoms with van der Waals surface area (Å²) in [5.41, 5.74) is 0. The molecule has 1 rings (SSSR count). The fraction of sp³-hybridized carbons (Fsp3) is 0.929. The van der Waals surface area contributed by atoms with E-state index in [9.17, 15) is 4.79 Å². The Morgan fingerprint density at radius 3 is 2.74 bits per heavy atom. The van der Waals surface area contributed by atoms with Crippen molar-refractivity contribution in [3.8, 4) is 0 Å². The van der Waals surface area contributed by atoms with Crippen LogP contribution in [0, 0.1) is 0 Å². The molecule has 0 bridgehead atoms. The van der Waals surface area contributed by atoms with E-state index in [1.54, 1.807) is 7.11 Å². The first kappa shape index (κ1) is 16.4. The first-order valence-corrected chi connectivity index (χ1v) is 7.32. The van der Waals surface area contributed by atoms with E-state index in [0.717, 1.165) is 19.1 Å². The van der Waals surface area contributed by atoms with Gasteiger partial charge in [0.15, 0.2) is 0 Å². The minimum atomic E-state index is 0.0352. The predicted molar refractivity (Wildman–Crippen MR) is 77.2 cm³/mol. The van der Waals surface area contributed by atoms with E-state index < -0.39 is 0 Å². The number of amides is 1. The molecule has 0 heterocycles. The molecule has 1 fully saturated rings. The Morgan fingerprint density at radius 2 is 2.11 bits per heavy atom. The second kappa shape index (κ2) is 9.28. The number of methoxy groups -OCH3 is 1. The Labute approximate surface area is 117 Å². The molecule has 0 saturated heterocycles. The molecule has 1 aliphatic rings. The maximum absolute atomic E-state index is 11.6. The quantitative estimate of drug-likeness (QED) is 0.603. The van der Waals surface area contributed by atoms with Gasteiger partial charge < -0.3 is 20.3 Å². The Hall–Kier alpha value is -0.650. The van der Waals surface area contributed by atoms with Crippen molar-refractivity contribution in [1.29, 1.82) is 0 Å². The van der Waals surface area contributed by atoms with Gasteiger partial charge in [0.05, 0.1) is 13.2 Å². The number of ether oxygens (including phenoxy) is 1. The molecule has 0 aromatic carbocycles. The SMILES string of the molecule is COCC(C)NC(=O)CNCCN(C)C1CCCC1. The fourth-order valence-electron chi connectivity index (χ4n) is 2.60. The fourth-order valence-corrected chi connectivity index (χ4v) is 2.60. The standard InChI is InChI=1S/C14H29N3O2/c1-12(11-19-3)16-14(18)10-15-8-9-17(2)13-6-4-5-7-13/h12-13,15H,4-11H2,1-3H3,(H,16,18). The number of nitrogens with zero attached hydrogens (tertiary/aromatic N) is 1. The summed E-state index contributed by atoms with van der Waals surface area (Å²) >= 11 is 0. The third kappa shape index (κ3) is 6.89. The van der Waals surface area contributed by atoms with Gasteiger partial charge in [0.1, 0.15) is 0 Å². The normalized spacial score (nSPS) is 17.9. The van der Waals surface area contributed by atoms with Gasteiger partial charge in [-0.15, -0.1) is 0 Å². The molecule has 112 valence electrons. The Balaban J connectivity index is 2.01. The van der Waals surface area contributed by atoms with Crippen molar-refractivity contribution >= 4 is 5.91 Å². The van der Waals surface area contributed by atoms with Gasteiger partial charge in [-0.05, 0) is 26.8 Å². The number of rotatable bonds is 9. The van der Waals surface area contributed by atoms with Crippen LogP contribution in [0.3, 0.4) is 0 Å². The van der Waals surface area contributed by atoms with Gasteiger partial charge in [-0.2, -0.15) is 0 Å². The van der Waals surface area contributed by atoms with Gasteiger partial charge in [-0.25, -0.2) is 0 Å². The predicted octanol–water partition coefficient (Wildman–Crippen LogP) is 0.602. The number of likely N-dealkylation sites (N-methyl/N-ethyl adjacent to an activating group) is 1. The van der Waals surface area contributed by atoms with Gasteiger partial charge in [0.25, 0.3) is 0 Å². The molecule has 2 N–H and O–H groups in total. The van der Waals surface area contributed by atoms with Crippen molar-refractivity contribution < 1.29 is 9.53 Å². The monoisotopic (exact) mass is 271 g/mol. The zero-order valence-electron chi connectivity index (χ0n) is 12.6. The van der Waals surface area contributed by atoms with E-state index in [2.05, 4.69) is 22.6 Å². The highest BCUT2D eigenvalue weighted by molar-refractivity contribution is 5.78. The lowest BCUT2D eigenvalue weighted by Crippen LogP contribution is -2.43. The molecule has 0 aromatic heterocycles. The molecule has 1 atom stereocenters. The van der Waals surface area contributed by atoms with Crippen LogP contribution in [0.4, 0.5) is 0 Å². The van der Waals surface area contributed by atoms with Crippen molar-refractivity contribution in [1.82, 2.24) is 15.5 Å². The van der Waals surface area contributed by atoms with Gasteiger partial charge in [0.2, 0.25) is 5.91 Å². The van der Waals surface area contributed by atoms with Crippen LogP contribution in [-0.4, -0.2) is 63.3 Å². The number of carbonyl (C=O) groups is 1. The summed E-state index contributed by atoms with van der Waals surface area (Å²) < 4.78 is 4.98. The molecular weight excluding hydrogens is 242 g/mol. The van der Waals surface area contributed by atoms with Crippen LogP contribution >= 0.6 is 0 Å². The molecule has 5 heteroatoms. The van der Waals surface area contributed by atoms with Crippen LogP contribution in [0.5, 0.6) is 0 Å². The van der Waals surface area contributed by atoms with Crippen LogP contribution in [0.15, 0.2) is 0 Å². The molecule has 0 aromatic rings. The molecule has 0 spiro atoms. The molecule has 1 amide bonds. The van der Waals surface area contributed by atoms with Crippen LogP contribution in [-0.2, 0) is 9.53 Å². The van der Waals surface area contributed by atoms with Gasteiger partial charge >= 0.3 is 0 Å². The minimum Gasteiger partial charge on any atom is -0.383 e. The molecule has 1 aliphatic carbocycles. The van der Waals surface area contributed by atoms with E-state index in [-0.39, 0.29) is 11.9 Å². The lowest BCUT2D eigenvalue weighted by Gasteiger charge is -2.24. The summed E-state index contributed by atoms with van der Waals surface area (Å²) in [6, 6.07) is 0.817. The van der Waals surface area contributed by atoms with Crippen molar-refractivity contribution in [2.24, 2.45) is 0 Å². The largest absolute Gasteiger partial charge is 0.383 e. The lowest BCUT2D eigenvalue weighted by atomic mass is 10.2. The molecule has 19 heavy (non-hydrogen) atoms. The highest BCUT2D eigenvalue weighted by Gasteiger charge is 2.18. The van der Waals surface area contributed by atoms with Crippen LogP contribution < -0.4 is 10.6 Å². The average molecular weight is 271 g/mol. The summed E-state index contributed by atoms with van der Waals surface area (Å²) in [5.74, 6) is 0.0352. The summed E-state index contributed by atoms with van der Waals surface area (Å²) in [6.45, 7) is 4.74. The van der Waals surface area contributed by atoms with E-state index in [1.807, 2.05) is 6.92 Å². The first-order valence-electron chi connectivity index (χ1n) is 7.32. The maximum Gasteiger partial charge on any atom is 0.234 e. The Morgan fingerprint density at radius 1 is 1.42 bits per heavy atom. The maximum atomic E-state index is 11.6. The average Bonchev–Trinajstić information content (AvgIpc) is 2.88. The van der Waals surface area contributed by atoms with Crippen LogP contribution in [0.1, 0.15) is 32.6 Å². The second-order valence-corrected chi connectivity index (χ2v) is 5.52. The highest BCUT2D eigenvalue weighted by atomic mass is 16.5. The smallest absolute Gasteiger partial charge is 0.234 e. The van der Waals surface area contributed by atoms with E-state index in [0.29, 0.717) is 13.2 Å². The molecule has 1 unspecified atom stereocenters. The van der Waals surface area contributed by atoms with Crippen LogP contribution in [0.2, 0.25) is 0 Å². The van der Waals surface area contributed by atoms with Crippen molar-refractivity contribution in [2.45, 2.75) is 44.7 Å². The lowest BCUT2D eigenvalue weighted by molar-refractivity contribution is -0.121. The van der Waals surface area contributed by atoms with Crippen molar-refractivity contribution in [2.75, 3.05) is 40.4 Å². The van der Waals surface area contributed by atoms with Crippen molar-refractivity contribution in [3.05, 3.63) is 0 Å². The number of hydrogen-bond acceptors (Lipinski definition) is 4. The van der Waals surface area contributed by atoms with Gasteiger partial charge in [-0.1, -0.05) is 12.8 Å². The zero-order chi connectivity index (χ0) is 14.1.